The number of para-hydroxylation sites is 1. The topological polar surface area (TPSA) is 81.4 Å². The Hall–Kier alpha value is -2.95. The van der Waals surface area contributed by atoms with Gasteiger partial charge in [0, 0.05) is 29.7 Å². The van der Waals surface area contributed by atoms with Gasteiger partial charge in [0.15, 0.2) is 6.61 Å². The number of hydrogen-bond acceptors (Lipinski definition) is 6. The molecular weight excluding hydrogens is 428 g/mol. The number of rotatable bonds is 5. The summed E-state index contributed by atoms with van der Waals surface area (Å²) in [6.45, 7) is 1.25. The van der Waals surface area contributed by atoms with Crippen LogP contribution in [0.2, 0.25) is 0 Å². The van der Waals surface area contributed by atoms with Crippen LogP contribution in [0.5, 0.6) is 5.75 Å². The highest BCUT2D eigenvalue weighted by Crippen LogP contribution is 2.34. The van der Waals surface area contributed by atoms with E-state index in [1.54, 1.807) is 37.3 Å². The SMILES string of the molecule is CC1(c2cc(Nc3cccc4cc(OCC(F)(F)F)cnc34)ccc2F)CNC[C@H](N)O1. The molecule has 6 nitrogen and oxygen atoms in total. The number of morpholine rings is 1. The molecule has 0 saturated carbocycles. The second-order valence-corrected chi connectivity index (χ2v) is 7.79. The van der Waals surface area contributed by atoms with Crippen molar-refractivity contribution in [2.24, 2.45) is 5.73 Å². The van der Waals surface area contributed by atoms with Crippen molar-refractivity contribution in [1.82, 2.24) is 10.3 Å². The summed E-state index contributed by atoms with van der Waals surface area (Å²) in [7, 11) is 0. The van der Waals surface area contributed by atoms with Gasteiger partial charge in [0.2, 0.25) is 0 Å². The molecule has 1 aromatic heterocycles. The number of hydrogen-bond donors (Lipinski definition) is 3. The number of fused-ring (bicyclic) bond motifs is 1. The number of alkyl halides is 3. The molecule has 1 saturated heterocycles. The molecule has 0 spiro atoms. The summed E-state index contributed by atoms with van der Waals surface area (Å²) in [6.07, 6.45) is -3.75. The molecule has 2 heterocycles. The maximum Gasteiger partial charge on any atom is 0.422 e. The van der Waals surface area contributed by atoms with Crippen molar-refractivity contribution in [2.45, 2.75) is 24.9 Å². The molecule has 3 aromatic rings. The standard InChI is InChI=1S/C22H22F4N4O2/c1-21(11-28-10-19(27)32-21)16-8-14(5-6-17(16)23)30-18-4-2-3-13-7-15(9-29-20(13)18)31-12-22(24,25)26/h2-9,19,28,30H,10-12,27H2,1H3/t19-,21?/m1/s1. The zero-order chi connectivity index (χ0) is 22.9. The quantitative estimate of drug-likeness (QED) is 0.506. The average Bonchev–Trinajstić information content (AvgIpc) is 2.73. The van der Waals surface area contributed by atoms with Crippen molar-refractivity contribution in [3.8, 4) is 5.75 Å². The largest absolute Gasteiger partial charge is 0.482 e. The van der Waals surface area contributed by atoms with Crippen molar-refractivity contribution >= 4 is 22.3 Å². The molecule has 32 heavy (non-hydrogen) atoms. The Kier molecular flexibility index (Phi) is 5.93. The lowest BCUT2D eigenvalue weighted by atomic mass is 9.93. The molecule has 0 aliphatic carbocycles. The fourth-order valence-electron chi connectivity index (χ4n) is 3.68. The van der Waals surface area contributed by atoms with Crippen LogP contribution in [-0.4, -0.2) is 37.1 Å². The lowest BCUT2D eigenvalue weighted by Gasteiger charge is -2.38. The number of aromatic nitrogens is 1. The summed E-state index contributed by atoms with van der Waals surface area (Å²) >= 11 is 0. The Morgan fingerprint density at radius 3 is 2.84 bits per heavy atom. The normalized spacial score (nSPS) is 21.5. The smallest absolute Gasteiger partial charge is 0.422 e. The molecular formula is C22H22F4N4O2. The van der Waals surface area contributed by atoms with Gasteiger partial charge in [-0.15, -0.1) is 0 Å². The Bertz CT molecular complexity index is 1120. The monoisotopic (exact) mass is 450 g/mol. The Balaban J connectivity index is 1.61. The number of ether oxygens (including phenoxy) is 2. The molecule has 10 heteroatoms. The van der Waals surface area contributed by atoms with E-state index in [9.17, 15) is 17.6 Å². The molecule has 4 N–H and O–H groups in total. The third kappa shape index (κ3) is 4.93. The zero-order valence-electron chi connectivity index (χ0n) is 17.2. The first-order valence-electron chi connectivity index (χ1n) is 9.92. The Labute approximate surface area is 181 Å². The summed E-state index contributed by atoms with van der Waals surface area (Å²) in [4.78, 5) is 4.25. The van der Waals surface area contributed by atoms with Gasteiger partial charge in [0.25, 0.3) is 0 Å². The van der Waals surface area contributed by atoms with Crippen LogP contribution in [0.4, 0.5) is 28.9 Å². The summed E-state index contributed by atoms with van der Waals surface area (Å²) in [5, 5.41) is 6.93. The summed E-state index contributed by atoms with van der Waals surface area (Å²) in [5.74, 6) is -0.404. The van der Waals surface area contributed by atoms with Crippen LogP contribution in [0.1, 0.15) is 12.5 Å². The lowest BCUT2D eigenvalue weighted by molar-refractivity contribution is -0.153. The van der Waals surface area contributed by atoms with E-state index >= 15 is 0 Å². The summed E-state index contributed by atoms with van der Waals surface area (Å²) in [5.41, 5.74) is 7.01. The van der Waals surface area contributed by atoms with Crippen LogP contribution in [0.15, 0.2) is 48.7 Å². The first kappa shape index (κ1) is 22.3. The highest BCUT2D eigenvalue weighted by molar-refractivity contribution is 5.92. The Morgan fingerprint density at radius 2 is 2.09 bits per heavy atom. The molecule has 1 aliphatic heterocycles. The number of nitrogens with one attached hydrogen (secondary N) is 2. The van der Waals surface area contributed by atoms with Crippen LogP contribution < -0.4 is 21.1 Å². The Morgan fingerprint density at radius 1 is 1.28 bits per heavy atom. The second kappa shape index (κ2) is 8.53. The average molecular weight is 450 g/mol. The molecule has 0 amide bonds. The number of halogens is 4. The highest BCUT2D eigenvalue weighted by atomic mass is 19.4. The highest BCUT2D eigenvalue weighted by Gasteiger charge is 2.35. The van der Waals surface area contributed by atoms with E-state index in [0.29, 0.717) is 40.9 Å². The van der Waals surface area contributed by atoms with E-state index in [0.717, 1.165) is 0 Å². The molecule has 2 aromatic carbocycles. The van der Waals surface area contributed by atoms with E-state index in [2.05, 4.69) is 15.6 Å². The van der Waals surface area contributed by atoms with Gasteiger partial charge in [0.05, 0.1) is 17.4 Å². The molecule has 0 radical (unpaired) electrons. The molecule has 2 atom stereocenters. The molecule has 4 rings (SSSR count). The number of pyridine rings is 1. The number of benzene rings is 2. The number of anilines is 2. The lowest BCUT2D eigenvalue weighted by Crippen LogP contribution is -2.53. The number of nitrogens with two attached hydrogens (primary N) is 1. The van der Waals surface area contributed by atoms with Crippen LogP contribution in [0.3, 0.4) is 0 Å². The van der Waals surface area contributed by atoms with Gasteiger partial charge in [0.1, 0.15) is 23.4 Å². The maximum absolute atomic E-state index is 14.6. The predicted molar refractivity (Wildman–Crippen MR) is 112 cm³/mol. The molecule has 1 fully saturated rings. The molecule has 1 unspecified atom stereocenters. The third-order valence-electron chi connectivity index (χ3n) is 5.12. The van der Waals surface area contributed by atoms with Crippen LogP contribution in [-0.2, 0) is 10.3 Å². The van der Waals surface area contributed by atoms with E-state index in [-0.39, 0.29) is 5.75 Å². The number of nitrogens with zero attached hydrogens (tertiary/aromatic N) is 1. The van der Waals surface area contributed by atoms with Crippen molar-refractivity contribution in [3.63, 3.8) is 0 Å². The van der Waals surface area contributed by atoms with Gasteiger partial charge in [-0.1, -0.05) is 12.1 Å². The fourth-order valence-corrected chi connectivity index (χ4v) is 3.68. The van der Waals surface area contributed by atoms with Crippen LogP contribution in [0, 0.1) is 5.82 Å². The molecule has 1 aliphatic rings. The summed E-state index contributed by atoms with van der Waals surface area (Å²) in [6, 6.07) is 11.3. The maximum atomic E-state index is 14.6. The van der Waals surface area contributed by atoms with Gasteiger partial charge < -0.3 is 25.8 Å². The predicted octanol–water partition coefficient (Wildman–Crippen LogP) is 4.18. The van der Waals surface area contributed by atoms with Gasteiger partial charge in [-0.3, -0.25) is 4.98 Å². The van der Waals surface area contributed by atoms with Crippen molar-refractivity contribution in [3.05, 3.63) is 60.0 Å². The van der Waals surface area contributed by atoms with E-state index in [4.69, 9.17) is 15.2 Å². The van der Waals surface area contributed by atoms with E-state index in [1.807, 2.05) is 0 Å². The molecule has 0 bridgehead atoms. The van der Waals surface area contributed by atoms with Crippen LogP contribution in [0.25, 0.3) is 10.9 Å². The fraction of sp³-hybridized carbons (Fsp3) is 0.318. The minimum absolute atomic E-state index is 0.0160. The van der Waals surface area contributed by atoms with Crippen LogP contribution >= 0.6 is 0 Å². The van der Waals surface area contributed by atoms with E-state index < -0.39 is 30.4 Å². The van der Waals surface area contributed by atoms with Gasteiger partial charge in [-0.25, -0.2) is 4.39 Å². The minimum atomic E-state index is -4.43. The van der Waals surface area contributed by atoms with Gasteiger partial charge >= 0.3 is 6.18 Å². The first-order chi connectivity index (χ1) is 15.1. The first-order valence-corrected chi connectivity index (χ1v) is 9.92. The van der Waals surface area contributed by atoms with Crippen molar-refractivity contribution < 1.29 is 27.0 Å². The molecule has 170 valence electrons. The van der Waals surface area contributed by atoms with Gasteiger partial charge in [-0.2, -0.15) is 13.2 Å². The minimum Gasteiger partial charge on any atom is -0.482 e. The third-order valence-corrected chi connectivity index (χ3v) is 5.12. The van der Waals surface area contributed by atoms with Crippen molar-refractivity contribution in [2.75, 3.05) is 25.0 Å². The summed E-state index contributed by atoms with van der Waals surface area (Å²) < 4.78 is 62.4. The van der Waals surface area contributed by atoms with E-state index in [1.165, 1.54) is 18.3 Å². The van der Waals surface area contributed by atoms with Crippen molar-refractivity contribution in [1.29, 1.82) is 0 Å². The van der Waals surface area contributed by atoms with Gasteiger partial charge in [-0.05, 0) is 37.3 Å². The zero-order valence-corrected chi connectivity index (χ0v) is 17.2. The second-order valence-electron chi connectivity index (χ2n) is 7.79.